The first-order valence-electron chi connectivity index (χ1n) is 6.53. The SMILES string of the molecule is O=C(O)C1CN(C(=O)CC(O)c2cccc(F)c2)CCO1. The van der Waals surface area contributed by atoms with Crippen LogP contribution >= 0.6 is 0 Å². The number of carboxylic acid groups (broad SMARTS) is 1. The Morgan fingerprint density at radius 1 is 1.48 bits per heavy atom. The number of hydrogen-bond donors (Lipinski definition) is 2. The molecule has 21 heavy (non-hydrogen) atoms. The molecule has 1 fully saturated rings. The van der Waals surface area contributed by atoms with E-state index in [0.717, 1.165) is 6.07 Å². The van der Waals surface area contributed by atoms with Gasteiger partial charge in [-0.05, 0) is 17.7 Å². The number of carbonyl (C=O) groups is 2. The second-order valence-electron chi connectivity index (χ2n) is 4.81. The van der Waals surface area contributed by atoms with Crippen LogP contribution in [0.4, 0.5) is 4.39 Å². The molecular formula is C14H16FNO5. The molecule has 2 rings (SSSR count). The molecule has 114 valence electrons. The van der Waals surface area contributed by atoms with Crippen molar-refractivity contribution in [1.82, 2.24) is 4.90 Å². The van der Waals surface area contributed by atoms with Crippen molar-refractivity contribution in [3.05, 3.63) is 35.6 Å². The van der Waals surface area contributed by atoms with E-state index < -0.39 is 24.0 Å². The van der Waals surface area contributed by atoms with Crippen LogP contribution in [0, 0.1) is 5.82 Å². The summed E-state index contributed by atoms with van der Waals surface area (Å²) in [7, 11) is 0. The van der Waals surface area contributed by atoms with E-state index in [1.165, 1.54) is 23.1 Å². The zero-order valence-corrected chi connectivity index (χ0v) is 11.2. The number of carbonyl (C=O) groups excluding carboxylic acids is 1. The highest BCUT2D eigenvalue weighted by Gasteiger charge is 2.29. The number of ether oxygens (including phenoxy) is 1. The summed E-state index contributed by atoms with van der Waals surface area (Å²) < 4.78 is 18.1. The Hall–Kier alpha value is -1.99. The van der Waals surface area contributed by atoms with Gasteiger partial charge in [0.25, 0.3) is 0 Å². The molecule has 2 unspecified atom stereocenters. The maximum absolute atomic E-state index is 13.1. The average molecular weight is 297 g/mol. The lowest BCUT2D eigenvalue weighted by Crippen LogP contribution is -2.48. The molecule has 0 bridgehead atoms. The Bertz CT molecular complexity index is 536. The summed E-state index contributed by atoms with van der Waals surface area (Å²) >= 11 is 0. The van der Waals surface area contributed by atoms with Crippen molar-refractivity contribution in [2.75, 3.05) is 19.7 Å². The summed E-state index contributed by atoms with van der Waals surface area (Å²) in [5.41, 5.74) is 0.311. The van der Waals surface area contributed by atoms with E-state index in [0.29, 0.717) is 5.56 Å². The molecule has 6 nitrogen and oxygen atoms in total. The number of carboxylic acids is 1. The molecule has 7 heteroatoms. The number of nitrogens with zero attached hydrogens (tertiary/aromatic N) is 1. The van der Waals surface area contributed by atoms with E-state index in [2.05, 4.69) is 0 Å². The van der Waals surface area contributed by atoms with Gasteiger partial charge in [-0.1, -0.05) is 12.1 Å². The monoisotopic (exact) mass is 297 g/mol. The van der Waals surface area contributed by atoms with Crippen LogP contribution in [0.5, 0.6) is 0 Å². The topological polar surface area (TPSA) is 87.1 Å². The first-order chi connectivity index (χ1) is 9.97. The molecular weight excluding hydrogens is 281 g/mol. The standard InChI is InChI=1S/C14H16FNO5/c15-10-3-1-2-9(6-10)11(17)7-13(18)16-4-5-21-12(8-16)14(19)20/h1-3,6,11-12,17H,4-5,7-8H2,(H,19,20). The molecule has 1 aromatic carbocycles. The Morgan fingerprint density at radius 2 is 2.24 bits per heavy atom. The van der Waals surface area contributed by atoms with Gasteiger partial charge in [0.15, 0.2) is 6.10 Å². The Morgan fingerprint density at radius 3 is 2.90 bits per heavy atom. The number of aliphatic hydroxyl groups excluding tert-OH is 1. The van der Waals surface area contributed by atoms with Crippen LogP contribution < -0.4 is 0 Å². The number of aliphatic hydroxyl groups is 1. The molecule has 0 aromatic heterocycles. The van der Waals surface area contributed by atoms with Crippen LogP contribution in [0.1, 0.15) is 18.1 Å². The van der Waals surface area contributed by atoms with Crippen molar-refractivity contribution in [2.45, 2.75) is 18.6 Å². The highest BCUT2D eigenvalue weighted by atomic mass is 19.1. The lowest BCUT2D eigenvalue weighted by atomic mass is 10.1. The number of benzene rings is 1. The lowest BCUT2D eigenvalue weighted by Gasteiger charge is -2.31. The predicted molar refractivity (Wildman–Crippen MR) is 69.9 cm³/mol. The fourth-order valence-electron chi connectivity index (χ4n) is 2.15. The molecule has 1 saturated heterocycles. The number of rotatable bonds is 4. The van der Waals surface area contributed by atoms with Gasteiger partial charge in [0.2, 0.25) is 5.91 Å². The molecule has 0 saturated carbocycles. The van der Waals surface area contributed by atoms with Crippen LogP contribution in [-0.4, -0.2) is 52.8 Å². The number of aliphatic carboxylic acids is 1. The fraction of sp³-hybridized carbons (Fsp3) is 0.429. The Kier molecular flexibility index (Phi) is 4.87. The lowest BCUT2D eigenvalue weighted by molar-refractivity contribution is -0.159. The van der Waals surface area contributed by atoms with Gasteiger partial charge in [0.1, 0.15) is 5.82 Å². The van der Waals surface area contributed by atoms with E-state index in [-0.39, 0.29) is 32.0 Å². The number of amides is 1. The van der Waals surface area contributed by atoms with E-state index in [1.54, 1.807) is 0 Å². The first kappa shape index (κ1) is 15.4. The zero-order valence-electron chi connectivity index (χ0n) is 11.2. The maximum atomic E-state index is 13.1. The molecule has 0 aliphatic carbocycles. The van der Waals surface area contributed by atoms with Crippen molar-refractivity contribution in [1.29, 1.82) is 0 Å². The Labute approximate surface area is 120 Å². The third kappa shape index (κ3) is 3.99. The van der Waals surface area contributed by atoms with Crippen LogP contribution in [-0.2, 0) is 14.3 Å². The largest absolute Gasteiger partial charge is 0.479 e. The second-order valence-corrected chi connectivity index (χ2v) is 4.81. The van der Waals surface area contributed by atoms with Gasteiger partial charge in [0, 0.05) is 6.54 Å². The highest BCUT2D eigenvalue weighted by Crippen LogP contribution is 2.19. The summed E-state index contributed by atoms with van der Waals surface area (Å²) in [6.07, 6.45) is -2.40. The minimum Gasteiger partial charge on any atom is -0.479 e. The number of halogens is 1. The van der Waals surface area contributed by atoms with E-state index in [4.69, 9.17) is 9.84 Å². The molecule has 1 aliphatic heterocycles. The number of hydrogen-bond acceptors (Lipinski definition) is 4. The van der Waals surface area contributed by atoms with Crippen molar-refractivity contribution in [2.24, 2.45) is 0 Å². The average Bonchev–Trinajstić information content (AvgIpc) is 2.47. The van der Waals surface area contributed by atoms with E-state index in [1.807, 2.05) is 0 Å². The highest BCUT2D eigenvalue weighted by molar-refractivity contribution is 5.79. The fourth-order valence-corrected chi connectivity index (χ4v) is 2.15. The Balaban J connectivity index is 1.96. The van der Waals surface area contributed by atoms with Crippen LogP contribution in [0.15, 0.2) is 24.3 Å². The molecule has 2 atom stereocenters. The van der Waals surface area contributed by atoms with Gasteiger partial charge < -0.3 is 19.8 Å². The second kappa shape index (κ2) is 6.64. The first-order valence-corrected chi connectivity index (χ1v) is 6.53. The van der Waals surface area contributed by atoms with Gasteiger partial charge in [0.05, 0.1) is 25.7 Å². The summed E-state index contributed by atoms with van der Waals surface area (Å²) in [4.78, 5) is 24.2. The van der Waals surface area contributed by atoms with Gasteiger partial charge in [-0.25, -0.2) is 9.18 Å². The van der Waals surface area contributed by atoms with Gasteiger partial charge in [-0.3, -0.25) is 4.79 Å². The van der Waals surface area contributed by atoms with Crippen molar-refractivity contribution in [3.63, 3.8) is 0 Å². The van der Waals surface area contributed by atoms with Gasteiger partial charge in [-0.2, -0.15) is 0 Å². The molecule has 1 aliphatic rings. The summed E-state index contributed by atoms with van der Waals surface area (Å²) in [5.74, 6) is -2.00. The summed E-state index contributed by atoms with van der Waals surface area (Å²) in [5, 5.41) is 18.8. The number of morpholine rings is 1. The molecule has 1 aromatic rings. The summed E-state index contributed by atoms with van der Waals surface area (Å²) in [6.45, 7) is 0.362. The van der Waals surface area contributed by atoms with Crippen LogP contribution in [0.25, 0.3) is 0 Å². The molecule has 2 N–H and O–H groups in total. The minimum atomic E-state index is -1.13. The van der Waals surface area contributed by atoms with E-state index in [9.17, 15) is 19.1 Å². The van der Waals surface area contributed by atoms with Gasteiger partial charge >= 0.3 is 5.97 Å². The molecule has 0 radical (unpaired) electrons. The molecule has 0 spiro atoms. The third-order valence-electron chi connectivity index (χ3n) is 3.30. The third-order valence-corrected chi connectivity index (χ3v) is 3.30. The minimum absolute atomic E-state index is 0.0516. The molecule has 1 heterocycles. The van der Waals surface area contributed by atoms with Crippen LogP contribution in [0.3, 0.4) is 0 Å². The van der Waals surface area contributed by atoms with Gasteiger partial charge in [-0.15, -0.1) is 0 Å². The van der Waals surface area contributed by atoms with Crippen molar-refractivity contribution < 1.29 is 28.9 Å². The van der Waals surface area contributed by atoms with Crippen LogP contribution in [0.2, 0.25) is 0 Å². The maximum Gasteiger partial charge on any atom is 0.334 e. The zero-order chi connectivity index (χ0) is 15.4. The van der Waals surface area contributed by atoms with Crippen molar-refractivity contribution in [3.8, 4) is 0 Å². The normalized spacial score (nSPS) is 20.1. The molecule has 1 amide bonds. The quantitative estimate of drug-likeness (QED) is 0.848. The smallest absolute Gasteiger partial charge is 0.334 e. The summed E-state index contributed by atoms with van der Waals surface area (Å²) in [6, 6.07) is 5.39. The van der Waals surface area contributed by atoms with E-state index >= 15 is 0 Å². The van der Waals surface area contributed by atoms with Crippen molar-refractivity contribution >= 4 is 11.9 Å². The predicted octanol–water partition coefficient (Wildman–Crippen LogP) is 0.561.